The van der Waals surface area contributed by atoms with Crippen LogP contribution < -0.4 is 5.73 Å². The molecule has 0 aromatic carbocycles. The number of ether oxygens (including phenoxy) is 1. The Kier molecular flexibility index (Phi) is 3.88. The number of ketones is 1. The Morgan fingerprint density at radius 1 is 1.54 bits per heavy atom. The Morgan fingerprint density at radius 3 is 2.69 bits per heavy atom. The minimum Gasteiger partial charge on any atom is -0.366 e. The highest BCUT2D eigenvalue weighted by Gasteiger charge is 2.29. The Hall–Kier alpha value is -0.410. The van der Waals surface area contributed by atoms with E-state index in [1.165, 1.54) is 0 Å². The molecule has 3 heteroatoms. The van der Waals surface area contributed by atoms with Crippen LogP contribution in [0.15, 0.2) is 0 Å². The van der Waals surface area contributed by atoms with E-state index in [1.54, 1.807) is 0 Å². The first-order valence-corrected chi connectivity index (χ1v) is 5.01. The van der Waals surface area contributed by atoms with Crippen molar-refractivity contribution in [2.24, 2.45) is 11.7 Å². The predicted octanol–water partition coefficient (Wildman–Crippen LogP) is 1.11. The molecule has 2 N–H and O–H groups in total. The Morgan fingerprint density at radius 2 is 2.23 bits per heavy atom. The summed E-state index contributed by atoms with van der Waals surface area (Å²) in [6.07, 6.45) is 2.36. The van der Waals surface area contributed by atoms with Crippen molar-refractivity contribution in [3.8, 4) is 0 Å². The average molecular weight is 185 g/mol. The van der Waals surface area contributed by atoms with Crippen LogP contribution >= 0.6 is 0 Å². The maximum atomic E-state index is 11.6. The summed E-state index contributed by atoms with van der Waals surface area (Å²) in [5.74, 6) is 0.666. The molecule has 0 amide bonds. The lowest BCUT2D eigenvalue weighted by atomic mass is 10.0. The molecule has 1 saturated heterocycles. The third kappa shape index (κ3) is 3.08. The Balaban J connectivity index is 2.33. The van der Waals surface area contributed by atoms with Crippen LogP contribution in [0.4, 0.5) is 0 Å². The van der Waals surface area contributed by atoms with Gasteiger partial charge < -0.3 is 10.5 Å². The second-order valence-corrected chi connectivity index (χ2v) is 4.12. The lowest BCUT2D eigenvalue weighted by Crippen LogP contribution is -2.25. The van der Waals surface area contributed by atoms with Crippen LogP contribution in [0.1, 0.15) is 33.1 Å². The number of rotatable bonds is 4. The summed E-state index contributed by atoms with van der Waals surface area (Å²) in [5.41, 5.74) is 5.46. The molecule has 1 aliphatic rings. The van der Waals surface area contributed by atoms with Gasteiger partial charge in [-0.1, -0.05) is 13.8 Å². The van der Waals surface area contributed by atoms with Crippen molar-refractivity contribution in [3.05, 3.63) is 0 Å². The molecule has 76 valence electrons. The molecular weight excluding hydrogens is 166 g/mol. The first-order valence-electron chi connectivity index (χ1n) is 5.01. The van der Waals surface area contributed by atoms with Crippen molar-refractivity contribution in [1.82, 2.24) is 0 Å². The van der Waals surface area contributed by atoms with Crippen molar-refractivity contribution >= 4 is 5.78 Å². The van der Waals surface area contributed by atoms with Crippen LogP contribution in [0.2, 0.25) is 0 Å². The van der Waals surface area contributed by atoms with Gasteiger partial charge in [-0.05, 0) is 18.8 Å². The van der Waals surface area contributed by atoms with E-state index in [9.17, 15) is 4.79 Å². The summed E-state index contributed by atoms with van der Waals surface area (Å²) in [7, 11) is 0. The molecule has 1 heterocycles. The molecule has 1 fully saturated rings. The van der Waals surface area contributed by atoms with Crippen molar-refractivity contribution in [1.29, 1.82) is 0 Å². The topological polar surface area (TPSA) is 52.3 Å². The molecule has 0 radical (unpaired) electrons. The van der Waals surface area contributed by atoms with Gasteiger partial charge in [0.25, 0.3) is 0 Å². The van der Waals surface area contributed by atoms with E-state index >= 15 is 0 Å². The summed E-state index contributed by atoms with van der Waals surface area (Å²) in [6, 6.07) is 0. The highest BCUT2D eigenvalue weighted by atomic mass is 16.5. The first-order chi connectivity index (χ1) is 6.13. The molecule has 1 rings (SSSR count). The number of carbonyl (C=O) groups is 1. The van der Waals surface area contributed by atoms with E-state index in [2.05, 4.69) is 0 Å². The molecule has 0 aromatic heterocycles. The quantitative estimate of drug-likeness (QED) is 0.713. The number of Topliss-reactive ketones (excluding diaryl/α,β-unsaturated/α-hetero) is 1. The van der Waals surface area contributed by atoms with Crippen molar-refractivity contribution in [3.63, 3.8) is 0 Å². The average Bonchev–Trinajstić information content (AvgIpc) is 2.50. The molecule has 3 nitrogen and oxygen atoms in total. The number of hydrogen-bond donors (Lipinski definition) is 1. The monoisotopic (exact) mass is 185 g/mol. The van der Waals surface area contributed by atoms with Crippen LogP contribution in [0.5, 0.6) is 0 Å². The smallest absolute Gasteiger partial charge is 0.161 e. The van der Waals surface area contributed by atoms with Crippen LogP contribution in [-0.4, -0.2) is 24.5 Å². The molecular formula is C10H19NO2. The highest BCUT2D eigenvalue weighted by Crippen LogP contribution is 2.21. The zero-order valence-corrected chi connectivity index (χ0v) is 8.45. The molecule has 2 atom stereocenters. The van der Waals surface area contributed by atoms with E-state index in [0.29, 0.717) is 18.9 Å². The second-order valence-electron chi connectivity index (χ2n) is 4.12. The van der Waals surface area contributed by atoms with Gasteiger partial charge in [-0.2, -0.15) is 0 Å². The molecule has 0 bridgehead atoms. The number of carbonyl (C=O) groups excluding carboxylic acids is 1. The molecule has 13 heavy (non-hydrogen) atoms. The van der Waals surface area contributed by atoms with Gasteiger partial charge in [0.15, 0.2) is 5.78 Å². The summed E-state index contributed by atoms with van der Waals surface area (Å²) >= 11 is 0. The summed E-state index contributed by atoms with van der Waals surface area (Å²) in [4.78, 5) is 11.6. The second kappa shape index (κ2) is 4.72. The van der Waals surface area contributed by atoms with E-state index in [4.69, 9.17) is 10.5 Å². The number of nitrogens with two attached hydrogens (primary N) is 1. The maximum absolute atomic E-state index is 11.6. The molecule has 0 spiro atoms. The molecule has 0 aromatic rings. The summed E-state index contributed by atoms with van der Waals surface area (Å²) in [5, 5.41) is 0. The maximum Gasteiger partial charge on any atom is 0.161 e. The third-order valence-corrected chi connectivity index (χ3v) is 2.34. The fourth-order valence-electron chi connectivity index (χ4n) is 1.65. The van der Waals surface area contributed by atoms with Gasteiger partial charge in [0.05, 0.1) is 6.10 Å². The van der Waals surface area contributed by atoms with Gasteiger partial charge in [-0.3, -0.25) is 4.79 Å². The predicted molar refractivity (Wildman–Crippen MR) is 51.4 cm³/mol. The van der Waals surface area contributed by atoms with Gasteiger partial charge in [0, 0.05) is 13.0 Å². The third-order valence-electron chi connectivity index (χ3n) is 2.34. The normalized spacial score (nSPS) is 28.3. The van der Waals surface area contributed by atoms with Gasteiger partial charge in [-0.25, -0.2) is 0 Å². The summed E-state index contributed by atoms with van der Waals surface area (Å²) in [6.45, 7) is 4.63. The van der Waals surface area contributed by atoms with Crippen LogP contribution in [0, 0.1) is 5.92 Å². The molecule has 1 aliphatic heterocycles. The zero-order valence-electron chi connectivity index (χ0n) is 8.45. The minimum atomic E-state index is -0.170. The lowest BCUT2D eigenvalue weighted by Gasteiger charge is -2.12. The Labute approximate surface area is 79.6 Å². The first kappa shape index (κ1) is 10.7. The van der Waals surface area contributed by atoms with E-state index in [-0.39, 0.29) is 18.0 Å². The van der Waals surface area contributed by atoms with E-state index < -0.39 is 0 Å². The Bertz CT molecular complexity index is 180. The van der Waals surface area contributed by atoms with Crippen molar-refractivity contribution < 1.29 is 9.53 Å². The molecule has 0 saturated carbocycles. The largest absolute Gasteiger partial charge is 0.366 e. The molecule has 0 aliphatic carbocycles. The standard InChI is InChI=1S/C10H19NO2/c1-7(2)5-9(12)10-4-3-8(6-11)13-10/h7-8,10H,3-6,11H2,1-2H3. The zero-order chi connectivity index (χ0) is 9.84. The summed E-state index contributed by atoms with van der Waals surface area (Å²) < 4.78 is 5.50. The SMILES string of the molecule is CC(C)CC(=O)C1CCC(CN)O1. The number of hydrogen-bond acceptors (Lipinski definition) is 3. The van der Waals surface area contributed by atoms with Crippen molar-refractivity contribution in [2.45, 2.75) is 45.3 Å². The van der Waals surface area contributed by atoms with Crippen LogP contribution in [-0.2, 0) is 9.53 Å². The van der Waals surface area contributed by atoms with Gasteiger partial charge in [0.2, 0.25) is 0 Å². The lowest BCUT2D eigenvalue weighted by molar-refractivity contribution is -0.130. The fraction of sp³-hybridized carbons (Fsp3) is 0.900. The van der Waals surface area contributed by atoms with E-state index in [1.807, 2.05) is 13.8 Å². The van der Waals surface area contributed by atoms with Gasteiger partial charge in [0.1, 0.15) is 6.10 Å². The fourth-order valence-corrected chi connectivity index (χ4v) is 1.65. The molecule has 2 unspecified atom stereocenters. The van der Waals surface area contributed by atoms with Crippen molar-refractivity contribution in [2.75, 3.05) is 6.54 Å². The highest BCUT2D eigenvalue weighted by molar-refractivity contribution is 5.83. The van der Waals surface area contributed by atoms with E-state index in [0.717, 1.165) is 12.8 Å². The van der Waals surface area contributed by atoms with Crippen LogP contribution in [0.25, 0.3) is 0 Å². The van der Waals surface area contributed by atoms with Gasteiger partial charge in [-0.15, -0.1) is 0 Å². The minimum absolute atomic E-state index is 0.112. The van der Waals surface area contributed by atoms with Gasteiger partial charge >= 0.3 is 0 Å². The van der Waals surface area contributed by atoms with Crippen LogP contribution in [0.3, 0.4) is 0 Å².